The third-order valence-electron chi connectivity index (χ3n) is 4.68. The molecule has 0 radical (unpaired) electrons. The topological polar surface area (TPSA) is 88.9 Å². The lowest BCUT2D eigenvalue weighted by Crippen LogP contribution is -2.28. The van der Waals surface area contributed by atoms with Gasteiger partial charge in [0.2, 0.25) is 5.91 Å². The highest BCUT2D eigenvalue weighted by atomic mass is 35.5. The summed E-state index contributed by atoms with van der Waals surface area (Å²) >= 11 is 19.4. The second-order valence-electron chi connectivity index (χ2n) is 7.23. The lowest BCUT2D eigenvalue weighted by Gasteiger charge is -2.15. The third kappa shape index (κ3) is 6.41. The molecule has 0 saturated heterocycles. The molecule has 0 unspecified atom stereocenters. The smallest absolute Gasteiger partial charge is 0.251 e. The number of hydrogen-bond donors (Lipinski definition) is 2. The van der Waals surface area contributed by atoms with E-state index in [1.807, 2.05) is 43.5 Å². The summed E-state index contributed by atoms with van der Waals surface area (Å²) in [4.78, 5) is 25.0. The predicted octanol–water partition coefficient (Wildman–Crippen LogP) is 5.79. The second kappa shape index (κ2) is 11.2. The van der Waals surface area contributed by atoms with E-state index in [0.717, 1.165) is 5.56 Å². The Hall–Kier alpha value is -2.26. The number of carbonyl (C=O) groups is 2. The molecule has 7 nitrogen and oxygen atoms in total. The van der Waals surface area contributed by atoms with Crippen molar-refractivity contribution in [2.24, 2.45) is 0 Å². The minimum atomic E-state index is -0.375. The number of aromatic nitrogens is 3. The van der Waals surface area contributed by atoms with E-state index >= 15 is 0 Å². The van der Waals surface area contributed by atoms with Crippen LogP contribution in [0.4, 0.5) is 5.69 Å². The molecular weight excluding hydrogens is 505 g/mol. The van der Waals surface area contributed by atoms with Gasteiger partial charge < -0.3 is 15.2 Å². The number of anilines is 1. The number of benzene rings is 2. The maximum Gasteiger partial charge on any atom is 0.251 e. The molecule has 174 valence electrons. The van der Waals surface area contributed by atoms with Gasteiger partial charge in [0.1, 0.15) is 0 Å². The van der Waals surface area contributed by atoms with E-state index < -0.39 is 0 Å². The maximum atomic E-state index is 12.6. The van der Waals surface area contributed by atoms with Crippen molar-refractivity contribution in [2.75, 3.05) is 11.1 Å². The van der Waals surface area contributed by atoms with Gasteiger partial charge in [-0.1, -0.05) is 64.3 Å². The molecule has 2 N–H and O–H groups in total. The molecule has 1 aromatic heterocycles. The van der Waals surface area contributed by atoms with E-state index in [1.54, 1.807) is 6.07 Å². The predicted molar refractivity (Wildman–Crippen MR) is 134 cm³/mol. The molecule has 0 saturated carbocycles. The number of nitrogens with zero attached hydrogens (tertiary/aromatic N) is 3. The van der Waals surface area contributed by atoms with Crippen molar-refractivity contribution in [2.45, 2.75) is 38.5 Å². The Morgan fingerprint density at radius 3 is 2.45 bits per heavy atom. The molecule has 2 amide bonds. The van der Waals surface area contributed by atoms with E-state index in [1.165, 1.54) is 23.9 Å². The highest BCUT2D eigenvalue weighted by molar-refractivity contribution is 7.99. The molecule has 0 aliphatic heterocycles. The fraction of sp³-hybridized carbons (Fsp3) is 0.273. The molecule has 0 aliphatic rings. The SMILES string of the molecule is CCn1c(SCC(=O)Nc2c(Cl)cc(Cl)cc2Cl)nnc1[C@H](C)NC(=O)c1cccc(C)c1. The summed E-state index contributed by atoms with van der Waals surface area (Å²) in [6.07, 6.45) is 0. The highest BCUT2D eigenvalue weighted by Crippen LogP contribution is 2.34. The first kappa shape index (κ1) is 25.4. The third-order valence-corrected chi connectivity index (χ3v) is 6.46. The van der Waals surface area contributed by atoms with Crippen LogP contribution >= 0.6 is 46.6 Å². The molecule has 33 heavy (non-hydrogen) atoms. The van der Waals surface area contributed by atoms with Crippen molar-refractivity contribution >= 4 is 64.1 Å². The Morgan fingerprint density at radius 2 is 1.82 bits per heavy atom. The number of amides is 2. The standard InChI is InChI=1S/C22H22Cl3N5O2S/c1-4-30-20(13(3)26-21(32)14-7-5-6-12(2)8-14)28-29-22(30)33-11-18(31)27-19-16(24)9-15(23)10-17(19)25/h5-10,13H,4,11H2,1-3H3,(H,26,32)(H,27,31)/t13-/m0/s1. The summed E-state index contributed by atoms with van der Waals surface area (Å²) < 4.78 is 1.86. The van der Waals surface area contributed by atoms with Crippen molar-refractivity contribution in [3.63, 3.8) is 0 Å². The molecule has 0 bridgehead atoms. The van der Waals surface area contributed by atoms with Crippen LogP contribution in [-0.4, -0.2) is 32.3 Å². The Balaban J connectivity index is 1.65. The number of aryl methyl sites for hydroxylation is 1. The quantitative estimate of drug-likeness (QED) is 0.363. The van der Waals surface area contributed by atoms with Crippen LogP contribution in [0.5, 0.6) is 0 Å². The molecule has 3 aromatic rings. The van der Waals surface area contributed by atoms with E-state index in [-0.39, 0.29) is 33.7 Å². The van der Waals surface area contributed by atoms with Gasteiger partial charge in [-0.15, -0.1) is 10.2 Å². The van der Waals surface area contributed by atoms with Crippen LogP contribution in [0.2, 0.25) is 15.1 Å². The normalized spacial score (nSPS) is 11.8. The van der Waals surface area contributed by atoms with Crippen LogP contribution in [0, 0.1) is 6.92 Å². The Kier molecular flexibility index (Phi) is 8.64. The average molecular weight is 527 g/mol. The molecule has 1 heterocycles. The van der Waals surface area contributed by atoms with Crippen molar-refractivity contribution in [1.82, 2.24) is 20.1 Å². The van der Waals surface area contributed by atoms with Crippen LogP contribution in [-0.2, 0) is 11.3 Å². The van der Waals surface area contributed by atoms with Gasteiger partial charge in [0.25, 0.3) is 5.91 Å². The summed E-state index contributed by atoms with van der Waals surface area (Å²) in [7, 11) is 0. The zero-order valence-corrected chi connectivity index (χ0v) is 21.2. The van der Waals surface area contributed by atoms with Crippen LogP contribution < -0.4 is 10.6 Å². The van der Waals surface area contributed by atoms with Crippen LogP contribution in [0.3, 0.4) is 0 Å². The van der Waals surface area contributed by atoms with E-state index in [9.17, 15) is 9.59 Å². The Morgan fingerprint density at radius 1 is 1.12 bits per heavy atom. The fourth-order valence-electron chi connectivity index (χ4n) is 3.12. The number of thioether (sulfide) groups is 1. The molecule has 1 atom stereocenters. The average Bonchev–Trinajstić information content (AvgIpc) is 3.17. The maximum absolute atomic E-state index is 12.6. The van der Waals surface area contributed by atoms with E-state index in [0.29, 0.717) is 33.8 Å². The van der Waals surface area contributed by atoms with Gasteiger partial charge >= 0.3 is 0 Å². The van der Waals surface area contributed by atoms with Gasteiger partial charge in [-0.25, -0.2) is 0 Å². The number of rotatable bonds is 8. The van der Waals surface area contributed by atoms with Crippen molar-refractivity contribution in [1.29, 1.82) is 0 Å². The molecule has 11 heteroatoms. The minimum absolute atomic E-state index is 0.0669. The number of hydrogen-bond acceptors (Lipinski definition) is 5. The lowest BCUT2D eigenvalue weighted by atomic mass is 10.1. The number of halogens is 3. The van der Waals surface area contributed by atoms with Gasteiger partial charge in [-0.3, -0.25) is 9.59 Å². The van der Waals surface area contributed by atoms with Gasteiger partial charge in [-0.05, 0) is 45.0 Å². The van der Waals surface area contributed by atoms with E-state index in [4.69, 9.17) is 34.8 Å². The van der Waals surface area contributed by atoms with Crippen molar-refractivity contribution in [3.8, 4) is 0 Å². The van der Waals surface area contributed by atoms with Crippen molar-refractivity contribution in [3.05, 3.63) is 68.4 Å². The first-order valence-electron chi connectivity index (χ1n) is 10.1. The Bertz CT molecular complexity index is 1160. The van der Waals surface area contributed by atoms with Gasteiger partial charge in [-0.2, -0.15) is 0 Å². The summed E-state index contributed by atoms with van der Waals surface area (Å²) in [6.45, 7) is 6.29. The van der Waals surface area contributed by atoms with Gasteiger partial charge in [0, 0.05) is 17.1 Å². The monoisotopic (exact) mass is 525 g/mol. The van der Waals surface area contributed by atoms with E-state index in [2.05, 4.69) is 20.8 Å². The van der Waals surface area contributed by atoms with Crippen LogP contribution in [0.1, 0.15) is 41.6 Å². The zero-order valence-electron chi connectivity index (χ0n) is 18.2. The minimum Gasteiger partial charge on any atom is -0.342 e. The van der Waals surface area contributed by atoms with Gasteiger partial charge in [0.15, 0.2) is 11.0 Å². The molecule has 0 fully saturated rings. The molecule has 3 rings (SSSR count). The summed E-state index contributed by atoms with van der Waals surface area (Å²) in [5.41, 5.74) is 1.89. The fourth-order valence-corrected chi connectivity index (χ4v) is 4.84. The molecule has 0 aliphatic carbocycles. The molecule has 0 spiro atoms. The van der Waals surface area contributed by atoms with Crippen LogP contribution in [0.25, 0.3) is 0 Å². The summed E-state index contributed by atoms with van der Waals surface area (Å²) in [5.74, 6) is 0.170. The second-order valence-corrected chi connectivity index (χ2v) is 9.42. The number of carbonyl (C=O) groups excluding carboxylic acids is 2. The summed E-state index contributed by atoms with van der Waals surface area (Å²) in [6, 6.07) is 10.00. The first-order chi connectivity index (χ1) is 15.7. The molecule has 2 aromatic carbocycles. The lowest BCUT2D eigenvalue weighted by molar-refractivity contribution is -0.113. The molecular formula is C22H22Cl3N5O2S. The van der Waals surface area contributed by atoms with Crippen molar-refractivity contribution < 1.29 is 9.59 Å². The zero-order chi connectivity index (χ0) is 24.1. The highest BCUT2D eigenvalue weighted by Gasteiger charge is 2.20. The van der Waals surface area contributed by atoms with Crippen LogP contribution in [0.15, 0.2) is 41.6 Å². The Labute approximate surface area is 211 Å². The van der Waals surface area contributed by atoms with Gasteiger partial charge in [0.05, 0.1) is 27.5 Å². The first-order valence-corrected chi connectivity index (χ1v) is 12.2. The number of nitrogens with one attached hydrogen (secondary N) is 2. The summed E-state index contributed by atoms with van der Waals surface area (Å²) in [5, 5.41) is 15.5. The largest absolute Gasteiger partial charge is 0.342 e.